The highest BCUT2D eigenvalue weighted by Crippen LogP contribution is 2.32. The summed E-state index contributed by atoms with van der Waals surface area (Å²) in [5.74, 6) is 2.45. The SMILES string of the molecule is CCNC(=NCc1ccc2c(c1)OCO2)NCCCC(=O)NC1CC1. The molecule has 3 rings (SSSR count). The number of carbonyl (C=O) groups is 1. The normalized spacial score (nSPS) is 15.8. The Morgan fingerprint density at radius 2 is 2.08 bits per heavy atom. The van der Waals surface area contributed by atoms with Crippen LogP contribution in [-0.4, -0.2) is 37.8 Å². The molecular weight excluding hydrogens is 320 g/mol. The summed E-state index contributed by atoms with van der Waals surface area (Å²) < 4.78 is 10.7. The van der Waals surface area contributed by atoms with E-state index in [-0.39, 0.29) is 12.7 Å². The van der Waals surface area contributed by atoms with E-state index in [2.05, 4.69) is 20.9 Å². The Morgan fingerprint density at radius 1 is 1.24 bits per heavy atom. The van der Waals surface area contributed by atoms with Crippen molar-refractivity contribution >= 4 is 11.9 Å². The van der Waals surface area contributed by atoms with Crippen LogP contribution in [0, 0.1) is 0 Å². The van der Waals surface area contributed by atoms with Gasteiger partial charge in [0.2, 0.25) is 12.7 Å². The van der Waals surface area contributed by atoms with Crippen molar-refractivity contribution in [3.05, 3.63) is 23.8 Å². The molecule has 1 aromatic carbocycles. The minimum atomic E-state index is 0.145. The van der Waals surface area contributed by atoms with Gasteiger partial charge in [-0.05, 0) is 43.9 Å². The monoisotopic (exact) mass is 346 g/mol. The summed E-state index contributed by atoms with van der Waals surface area (Å²) in [5, 5.41) is 9.49. The number of hydrogen-bond acceptors (Lipinski definition) is 4. The van der Waals surface area contributed by atoms with Crippen molar-refractivity contribution in [3.63, 3.8) is 0 Å². The van der Waals surface area contributed by atoms with Crippen LogP contribution in [0.1, 0.15) is 38.2 Å². The first-order valence-corrected chi connectivity index (χ1v) is 8.94. The Labute approximate surface area is 148 Å². The van der Waals surface area contributed by atoms with Crippen molar-refractivity contribution in [1.29, 1.82) is 0 Å². The number of amides is 1. The molecule has 1 amide bonds. The predicted molar refractivity (Wildman–Crippen MR) is 95.8 cm³/mol. The van der Waals surface area contributed by atoms with Gasteiger partial charge in [-0.2, -0.15) is 0 Å². The van der Waals surface area contributed by atoms with E-state index in [1.165, 1.54) is 0 Å². The molecule has 0 saturated heterocycles. The first kappa shape index (κ1) is 17.4. The molecule has 1 heterocycles. The minimum Gasteiger partial charge on any atom is -0.454 e. The van der Waals surface area contributed by atoms with Crippen molar-refractivity contribution in [1.82, 2.24) is 16.0 Å². The van der Waals surface area contributed by atoms with E-state index in [9.17, 15) is 4.79 Å². The molecule has 0 radical (unpaired) electrons. The lowest BCUT2D eigenvalue weighted by Crippen LogP contribution is -2.38. The van der Waals surface area contributed by atoms with E-state index in [0.717, 1.165) is 48.8 Å². The zero-order valence-corrected chi connectivity index (χ0v) is 14.6. The van der Waals surface area contributed by atoms with Crippen LogP contribution in [-0.2, 0) is 11.3 Å². The molecule has 0 atom stereocenters. The van der Waals surface area contributed by atoms with E-state index in [4.69, 9.17) is 9.47 Å². The molecule has 7 heteroatoms. The molecule has 0 aromatic heterocycles. The number of nitrogens with one attached hydrogen (secondary N) is 3. The van der Waals surface area contributed by atoms with Gasteiger partial charge >= 0.3 is 0 Å². The fourth-order valence-corrected chi connectivity index (χ4v) is 2.53. The van der Waals surface area contributed by atoms with Gasteiger partial charge in [-0.25, -0.2) is 4.99 Å². The van der Waals surface area contributed by atoms with E-state index in [0.29, 0.717) is 25.6 Å². The maximum atomic E-state index is 11.7. The van der Waals surface area contributed by atoms with Gasteiger partial charge in [0.05, 0.1) is 6.54 Å². The van der Waals surface area contributed by atoms with Gasteiger partial charge in [0.1, 0.15) is 0 Å². The third kappa shape index (κ3) is 5.55. The second-order valence-electron chi connectivity index (χ2n) is 6.25. The number of aliphatic imine (C=N–C) groups is 1. The van der Waals surface area contributed by atoms with Crippen molar-refractivity contribution < 1.29 is 14.3 Å². The van der Waals surface area contributed by atoms with Gasteiger partial charge in [0.15, 0.2) is 17.5 Å². The summed E-state index contributed by atoms with van der Waals surface area (Å²) in [6, 6.07) is 6.29. The summed E-state index contributed by atoms with van der Waals surface area (Å²) in [7, 11) is 0. The van der Waals surface area contributed by atoms with Crippen LogP contribution < -0.4 is 25.4 Å². The largest absolute Gasteiger partial charge is 0.454 e. The zero-order valence-electron chi connectivity index (χ0n) is 14.6. The Kier molecular flexibility index (Phi) is 5.98. The van der Waals surface area contributed by atoms with E-state index in [1.807, 2.05) is 25.1 Å². The molecule has 1 saturated carbocycles. The standard InChI is InChI=1S/C18H26N4O3/c1-2-19-18(20-9-3-4-17(23)22-14-6-7-14)21-11-13-5-8-15-16(10-13)25-12-24-15/h5,8,10,14H,2-4,6-7,9,11-12H2,1H3,(H,22,23)(H2,19,20,21). The Balaban J connectivity index is 1.43. The van der Waals surface area contributed by atoms with Crippen LogP contribution in [0.2, 0.25) is 0 Å². The van der Waals surface area contributed by atoms with E-state index >= 15 is 0 Å². The number of rotatable bonds is 8. The van der Waals surface area contributed by atoms with Crippen LogP contribution in [0.25, 0.3) is 0 Å². The summed E-state index contributed by atoms with van der Waals surface area (Å²) >= 11 is 0. The highest BCUT2D eigenvalue weighted by atomic mass is 16.7. The van der Waals surface area contributed by atoms with Gasteiger partial charge in [-0.1, -0.05) is 6.07 Å². The van der Waals surface area contributed by atoms with Crippen LogP contribution in [0.3, 0.4) is 0 Å². The molecule has 1 aliphatic heterocycles. The predicted octanol–water partition coefficient (Wildman–Crippen LogP) is 1.53. The number of nitrogens with zero attached hydrogens (tertiary/aromatic N) is 1. The third-order valence-electron chi connectivity index (χ3n) is 4.02. The summed E-state index contributed by atoms with van der Waals surface area (Å²) in [6.45, 7) is 4.36. The highest BCUT2D eigenvalue weighted by Gasteiger charge is 2.22. The minimum absolute atomic E-state index is 0.145. The smallest absolute Gasteiger partial charge is 0.231 e. The molecule has 1 fully saturated rings. The number of fused-ring (bicyclic) bond motifs is 1. The van der Waals surface area contributed by atoms with E-state index < -0.39 is 0 Å². The average molecular weight is 346 g/mol. The summed E-state index contributed by atoms with van der Waals surface area (Å²) in [6.07, 6.45) is 3.58. The number of ether oxygens (including phenoxy) is 2. The molecule has 3 N–H and O–H groups in total. The highest BCUT2D eigenvalue weighted by molar-refractivity contribution is 5.80. The van der Waals surface area contributed by atoms with Crippen molar-refractivity contribution in [3.8, 4) is 11.5 Å². The number of carbonyl (C=O) groups excluding carboxylic acids is 1. The van der Waals surface area contributed by atoms with E-state index in [1.54, 1.807) is 0 Å². The lowest BCUT2D eigenvalue weighted by Gasteiger charge is -2.11. The molecule has 7 nitrogen and oxygen atoms in total. The van der Waals surface area contributed by atoms with Crippen LogP contribution >= 0.6 is 0 Å². The van der Waals surface area contributed by atoms with Crippen LogP contribution in [0.5, 0.6) is 11.5 Å². The average Bonchev–Trinajstić information content (AvgIpc) is 3.29. The quantitative estimate of drug-likeness (QED) is 0.378. The maximum Gasteiger partial charge on any atom is 0.231 e. The van der Waals surface area contributed by atoms with Crippen LogP contribution in [0.15, 0.2) is 23.2 Å². The maximum absolute atomic E-state index is 11.7. The van der Waals surface area contributed by atoms with Gasteiger partial charge in [-0.15, -0.1) is 0 Å². The summed E-state index contributed by atoms with van der Waals surface area (Å²) in [5.41, 5.74) is 1.06. The second-order valence-corrected chi connectivity index (χ2v) is 6.25. The van der Waals surface area contributed by atoms with Crippen molar-refractivity contribution in [2.75, 3.05) is 19.9 Å². The van der Waals surface area contributed by atoms with Gasteiger partial charge in [0.25, 0.3) is 0 Å². The molecule has 2 aliphatic rings. The lowest BCUT2D eigenvalue weighted by molar-refractivity contribution is -0.121. The second kappa shape index (κ2) is 8.60. The topological polar surface area (TPSA) is 84.0 Å². The molecular formula is C18H26N4O3. The number of benzene rings is 1. The van der Waals surface area contributed by atoms with Crippen molar-refractivity contribution in [2.45, 2.75) is 45.2 Å². The molecule has 0 unspecified atom stereocenters. The first-order chi connectivity index (χ1) is 12.2. The molecule has 25 heavy (non-hydrogen) atoms. The molecule has 0 bridgehead atoms. The van der Waals surface area contributed by atoms with Gasteiger partial charge < -0.3 is 25.4 Å². The molecule has 0 spiro atoms. The Morgan fingerprint density at radius 3 is 2.88 bits per heavy atom. The fourth-order valence-electron chi connectivity index (χ4n) is 2.53. The summed E-state index contributed by atoms with van der Waals surface area (Å²) in [4.78, 5) is 16.2. The number of hydrogen-bond donors (Lipinski definition) is 3. The van der Waals surface area contributed by atoms with Crippen molar-refractivity contribution in [2.24, 2.45) is 4.99 Å². The molecule has 1 aromatic rings. The zero-order chi connectivity index (χ0) is 17.5. The molecule has 1 aliphatic carbocycles. The Hall–Kier alpha value is -2.44. The lowest BCUT2D eigenvalue weighted by atomic mass is 10.2. The van der Waals surface area contributed by atoms with Gasteiger partial charge in [0, 0.05) is 25.6 Å². The fraction of sp³-hybridized carbons (Fsp3) is 0.556. The van der Waals surface area contributed by atoms with Crippen LogP contribution in [0.4, 0.5) is 0 Å². The number of guanidine groups is 1. The third-order valence-corrected chi connectivity index (χ3v) is 4.02. The Bertz CT molecular complexity index is 629. The first-order valence-electron chi connectivity index (χ1n) is 8.94. The van der Waals surface area contributed by atoms with Gasteiger partial charge in [-0.3, -0.25) is 4.79 Å². The molecule has 136 valence electrons.